The monoisotopic (exact) mass is 208 g/mol. The van der Waals surface area contributed by atoms with Gasteiger partial charge in [0.15, 0.2) is 0 Å². The molecule has 4 nitrogen and oxygen atoms in total. The highest BCUT2D eigenvalue weighted by Gasteiger charge is 2.15. The summed E-state index contributed by atoms with van der Waals surface area (Å²) in [4.78, 5) is 19.5. The molecule has 0 aromatic carbocycles. The number of rotatable bonds is 5. The van der Waals surface area contributed by atoms with Crippen molar-refractivity contribution >= 4 is 5.78 Å². The Kier molecular flexibility index (Phi) is 4.21. The first kappa shape index (κ1) is 11.6. The van der Waals surface area contributed by atoms with Crippen LogP contribution in [0.3, 0.4) is 0 Å². The molecule has 0 aliphatic rings. The number of carbonyl (C=O) groups is 1. The van der Waals surface area contributed by atoms with Gasteiger partial charge in [-0.3, -0.25) is 4.79 Å². The molecule has 1 aromatic rings. The molecule has 0 radical (unpaired) electrons. The lowest BCUT2D eigenvalue weighted by Crippen LogP contribution is -2.10. The molecule has 15 heavy (non-hydrogen) atoms. The van der Waals surface area contributed by atoms with Gasteiger partial charge in [-0.2, -0.15) is 0 Å². The maximum absolute atomic E-state index is 11.5. The lowest BCUT2D eigenvalue weighted by Gasteiger charge is -2.09. The topological polar surface area (TPSA) is 52.1 Å². The van der Waals surface area contributed by atoms with Gasteiger partial charge in [0.1, 0.15) is 12.1 Å². The largest absolute Gasteiger partial charge is 0.478 e. The SMILES string of the molecule is CCOc1cc(C(C)C(=O)CC)ncn1. The first-order valence-corrected chi connectivity index (χ1v) is 5.16. The van der Waals surface area contributed by atoms with Crippen molar-refractivity contribution in [2.24, 2.45) is 0 Å². The Morgan fingerprint density at radius 1 is 1.47 bits per heavy atom. The van der Waals surface area contributed by atoms with Gasteiger partial charge in [0.2, 0.25) is 5.88 Å². The van der Waals surface area contributed by atoms with Crippen molar-refractivity contribution in [1.82, 2.24) is 9.97 Å². The Hall–Kier alpha value is -1.45. The van der Waals surface area contributed by atoms with Crippen LogP contribution in [0.5, 0.6) is 5.88 Å². The predicted octanol–water partition coefficient (Wildman–Crippen LogP) is 1.96. The summed E-state index contributed by atoms with van der Waals surface area (Å²) >= 11 is 0. The minimum Gasteiger partial charge on any atom is -0.478 e. The average molecular weight is 208 g/mol. The third-order valence-corrected chi connectivity index (χ3v) is 2.23. The van der Waals surface area contributed by atoms with Crippen LogP contribution in [0.1, 0.15) is 38.8 Å². The van der Waals surface area contributed by atoms with Crippen LogP contribution in [0.4, 0.5) is 0 Å². The van der Waals surface area contributed by atoms with Gasteiger partial charge in [-0.25, -0.2) is 9.97 Å². The van der Waals surface area contributed by atoms with Crippen LogP contribution in [0.25, 0.3) is 0 Å². The second-order valence-corrected chi connectivity index (χ2v) is 3.26. The van der Waals surface area contributed by atoms with Crippen molar-refractivity contribution < 1.29 is 9.53 Å². The summed E-state index contributed by atoms with van der Waals surface area (Å²) in [6.07, 6.45) is 1.95. The molecular weight excluding hydrogens is 192 g/mol. The summed E-state index contributed by atoms with van der Waals surface area (Å²) in [5, 5.41) is 0. The highest BCUT2D eigenvalue weighted by Crippen LogP contribution is 2.18. The van der Waals surface area contributed by atoms with Crippen LogP contribution >= 0.6 is 0 Å². The molecule has 4 heteroatoms. The number of carbonyl (C=O) groups excluding carboxylic acids is 1. The van der Waals surface area contributed by atoms with Crippen LogP contribution < -0.4 is 4.74 Å². The van der Waals surface area contributed by atoms with E-state index in [-0.39, 0.29) is 11.7 Å². The van der Waals surface area contributed by atoms with Gasteiger partial charge in [0.05, 0.1) is 18.2 Å². The summed E-state index contributed by atoms with van der Waals surface area (Å²) in [6, 6.07) is 1.72. The molecule has 1 aromatic heterocycles. The van der Waals surface area contributed by atoms with E-state index in [1.54, 1.807) is 6.07 Å². The van der Waals surface area contributed by atoms with Crippen molar-refractivity contribution in [2.45, 2.75) is 33.1 Å². The van der Waals surface area contributed by atoms with Gasteiger partial charge in [-0.15, -0.1) is 0 Å². The van der Waals surface area contributed by atoms with Gasteiger partial charge in [-0.1, -0.05) is 6.92 Å². The fourth-order valence-corrected chi connectivity index (χ4v) is 1.29. The quantitative estimate of drug-likeness (QED) is 0.742. The van der Waals surface area contributed by atoms with Crippen molar-refractivity contribution in [3.05, 3.63) is 18.1 Å². The number of aromatic nitrogens is 2. The molecule has 1 atom stereocenters. The number of hydrogen-bond acceptors (Lipinski definition) is 4. The number of Topliss-reactive ketones (excluding diaryl/α,β-unsaturated/α-hetero) is 1. The van der Waals surface area contributed by atoms with E-state index in [9.17, 15) is 4.79 Å². The van der Waals surface area contributed by atoms with E-state index < -0.39 is 0 Å². The predicted molar refractivity (Wildman–Crippen MR) is 56.9 cm³/mol. The Bertz CT molecular complexity index is 339. The molecule has 1 unspecified atom stereocenters. The zero-order chi connectivity index (χ0) is 11.3. The summed E-state index contributed by atoms with van der Waals surface area (Å²) in [5.74, 6) is 0.520. The normalized spacial score (nSPS) is 12.2. The maximum Gasteiger partial charge on any atom is 0.216 e. The smallest absolute Gasteiger partial charge is 0.216 e. The second-order valence-electron chi connectivity index (χ2n) is 3.26. The Morgan fingerprint density at radius 2 is 2.20 bits per heavy atom. The maximum atomic E-state index is 11.5. The zero-order valence-electron chi connectivity index (χ0n) is 9.36. The molecule has 1 heterocycles. The van der Waals surface area contributed by atoms with E-state index in [1.807, 2.05) is 20.8 Å². The fraction of sp³-hybridized carbons (Fsp3) is 0.545. The third-order valence-electron chi connectivity index (χ3n) is 2.23. The molecule has 0 aliphatic heterocycles. The molecule has 1 rings (SSSR count). The van der Waals surface area contributed by atoms with Crippen LogP contribution in [-0.4, -0.2) is 22.4 Å². The van der Waals surface area contributed by atoms with Crippen LogP contribution in [0, 0.1) is 0 Å². The first-order chi connectivity index (χ1) is 7.19. The van der Waals surface area contributed by atoms with E-state index in [0.717, 1.165) is 5.69 Å². The molecule has 0 amide bonds. The van der Waals surface area contributed by atoms with Crippen LogP contribution in [0.2, 0.25) is 0 Å². The Labute approximate surface area is 89.7 Å². The lowest BCUT2D eigenvalue weighted by atomic mass is 10.0. The summed E-state index contributed by atoms with van der Waals surface area (Å²) in [6.45, 7) is 6.16. The first-order valence-electron chi connectivity index (χ1n) is 5.16. The van der Waals surface area contributed by atoms with E-state index in [0.29, 0.717) is 18.9 Å². The molecule has 0 saturated carbocycles. The average Bonchev–Trinajstić information content (AvgIpc) is 2.28. The van der Waals surface area contributed by atoms with Crippen molar-refractivity contribution in [3.8, 4) is 5.88 Å². The van der Waals surface area contributed by atoms with Crippen molar-refractivity contribution in [1.29, 1.82) is 0 Å². The Balaban J connectivity index is 2.84. The number of nitrogens with zero attached hydrogens (tertiary/aromatic N) is 2. The van der Waals surface area contributed by atoms with E-state index in [4.69, 9.17) is 4.74 Å². The summed E-state index contributed by atoms with van der Waals surface area (Å²) < 4.78 is 5.25. The zero-order valence-corrected chi connectivity index (χ0v) is 9.36. The highest BCUT2D eigenvalue weighted by atomic mass is 16.5. The van der Waals surface area contributed by atoms with E-state index in [2.05, 4.69) is 9.97 Å². The fourth-order valence-electron chi connectivity index (χ4n) is 1.29. The molecule has 0 fully saturated rings. The molecule has 82 valence electrons. The van der Waals surface area contributed by atoms with E-state index >= 15 is 0 Å². The van der Waals surface area contributed by atoms with Crippen molar-refractivity contribution in [2.75, 3.05) is 6.61 Å². The van der Waals surface area contributed by atoms with E-state index in [1.165, 1.54) is 6.33 Å². The minimum absolute atomic E-state index is 0.177. The molecule has 0 saturated heterocycles. The summed E-state index contributed by atoms with van der Waals surface area (Å²) in [7, 11) is 0. The number of hydrogen-bond donors (Lipinski definition) is 0. The second kappa shape index (κ2) is 5.44. The molecule has 0 aliphatic carbocycles. The van der Waals surface area contributed by atoms with Gasteiger partial charge < -0.3 is 4.74 Å². The van der Waals surface area contributed by atoms with Gasteiger partial charge in [0.25, 0.3) is 0 Å². The minimum atomic E-state index is -0.183. The number of ketones is 1. The van der Waals surface area contributed by atoms with Crippen molar-refractivity contribution in [3.63, 3.8) is 0 Å². The molecular formula is C11H16N2O2. The highest BCUT2D eigenvalue weighted by molar-refractivity contribution is 5.84. The van der Waals surface area contributed by atoms with Crippen LogP contribution in [0.15, 0.2) is 12.4 Å². The summed E-state index contributed by atoms with van der Waals surface area (Å²) in [5.41, 5.74) is 0.723. The van der Waals surface area contributed by atoms with Gasteiger partial charge in [-0.05, 0) is 13.8 Å². The van der Waals surface area contributed by atoms with Gasteiger partial charge >= 0.3 is 0 Å². The van der Waals surface area contributed by atoms with Crippen LogP contribution in [-0.2, 0) is 4.79 Å². The third kappa shape index (κ3) is 3.01. The Morgan fingerprint density at radius 3 is 2.80 bits per heavy atom. The molecule has 0 spiro atoms. The standard InChI is InChI=1S/C11H16N2O2/c1-4-10(14)8(3)9-6-11(15-5-2)13-7-12-9/h6-8H,4-5H2,1-3H3. The molecule has 0 N–H and O–H groups in total. The number of ether oxygens (including phenoxy) is 1. The van der Waals surface area contributed by atoms with Gasteiger partial charge in [0, 0.05) is 12.5 Å². The lowest BCUT2D eigenvalue weighted by molar-refractivity contribution is -0.119. The molecule has 0 bridgehead atoms.